The molecule has 0 saturated carbocycles. The van der Waals surface area contributed by atoms with E-state index in [1.165, 1.54) is 5.39 Å². The quantitative estimate of drug-likeness (QED) is 0.524. The zero-order valence-corrected chi connectivity index (χ0v) is 14.3. The number of aromatic amines is 1. The van der Waals surface area contributed by atoms with Crippen LogP contribution < -0.4 is 5.56 Å². The van der Waals surface area contributed by atoms with Crippen LogP contribution in [0.2, 0.25) is 0 Å². The lowest BCUT2D eigenvalue weighted by Crippen LogP contribution is -2.15. The smallest absolute Gasteiger partial charge is 0.270 e. The summed E-state index contributed by atoms with van der Waals surface area (Å²) in [5.41, 5.74) is 3.39. The van der Waals surface area contributed by atoms with Gasteiger partial charge in [-0.3, -0.25) is 4.79 Å². The molecule has 1 N–H and O–H groups in total. The van der Waals surface area contributed by atoms with Gasteiger partial charge in [-0.25, -0.2) is 4.98 Å². The Labute approximate surface area is 154 Å². The normalized spacial score (nSPS) is 11.3. The van der Waals surface area contributed by atoms with Crippen molar-refractivity contribution in [3.8, 4) is 11.3 Å². The van der Waals surface area contributed by atoms with Crippen molar-refractivity contribution in [2.75, 3.05) is 0 Å². The van der Waals surface area contributed by atoms with Crippen molar-refractivity contribution in [1.29, 1.82) is 0 Å². The number of aromatic nitrogens is 3. The summed E-state index contributed by atoms with van der Waals surface area (Å²) in [6, 6.07) is 23.7. The number of nitrogens with one attached hydrogen (secondary N) is 1. The maximum Gasteiger partial charge on any atom is 0.270 e. The Kier molecular flexibility index (Phi) is 3.57. The van der Waals surface area contributed by atoms with Crippen LogP contribution in [0.25, 0.3) is 33.1 Å². The van der Waals surface area contributed by atoms with Crippen molar-refractivity contribution in [3.63, 3.8) is 0 Å². The zero-order chi connectivity index (χ0) is 18.2. The van der Waals surface area contributed by atoms with Crippen LogP contribution in [0.3, 0.4) is 0 Å². The third-order valence-corrected chi connectivity index (χ3v) is 4.62. The fourth-order valence-corrected chi connectivity index (χ4v) is 3.23. The van der Waals surface area contributed by atoms with E-state index in [1.54, 1.807) is 0 Å². The molecule has 0 bridgehead atoms. The molecule has 5 heteroatoms. The van der Waals surface area contributed by atoms with Crippen molar-refractivity contribution in [1.82, 2.24) is 15.1 Å². The molecule has 27 heavy (non-hydrogen) atoms. The molecule has 5 rings (SSSR count). The Balaban J connectivity index is 1.48. The average molecular weight is 353 g/mol. The molecular formula is C22H15N3O2. The van der Waals surface area contributed by atoms with E-state index < -0.39 is 0 Å². The third-order valence-electron chi connectivity index (χ3n) is 4.62. The second kappa shape index (κ2) is 6.21. The van der Waals surface area contributed by atoms with Crippen molar-refractivity contribution in [2.24, 2.45) is 0 Å². The molecule has 0 aliphatic carbocycles. The molecule has 2 heterocycles. The summed E-state index contributed by atoms with van der Waals surface area (Å²) >= 11 is 0. The first-order chi connectivity index (χ1) is 13.3. The van der Waals surface area contributed by atoms with Gasteiger partial charge < -0.3 is 9.51 Å². The minimum Gasteiger partial charge on any atom is -0.360 e. The summed E-state index contributed by atoms with van der Waals surface area (Å²) in [5, 5.41) is 6.49. The lowest BCUT2D eigenvalue weighted by atomic mass is 10.0. The maximum absolute atomic E-state index is 12.3. The Morgan fingerprint density at radius 1 is 0.889 bits per heavy atom. The number of para-hydroxylation sites is 2. The van der Waals surface area contributed by atoms with Crippen LogP contribution in [0.1, 0.15) is 11.5 Å². The summed E-state index contributed by atoms with van der Waals surface area (Å²) < 4.78 is 5.46. The molecule has 0 fully saturated rings. The predicted molar refractivity (Wildman–Crippen MR) is 105 cm³/mol. The molecule has 5 aromatic rings. The van der Waals surface area contributed by atoms with Gasteiger partial charge >= 0.3 is 0 Å². The van der Waals surface area contributed by atoms with E-state index in [1.807, 2.05) is 48.5 Å². The van der Waals surface area contributed by atoms with Gasteiger partial charge in [0.05, 0.1) is 17.5 Å². The van der Waals surface area contributed by atoms with Crippen molar-refractivity contribution in [2.45, 2.75) is 6.42 Å². The summed E-state index contributed by atoms with van der Waals surface area (Å²) in [7, 11) is 0. The zero-order valence-electron chi connectivity index (χ0n) is 14.3. The van der Waals surface area contributed by atoms with Gasteiger partial charge in [0, 0.05) is 11.6 Å². The topological polar surface area (TPSA) is 71.8 Å². The molecule has 0 saturated heterocycles. The molecule has 2 aromatic heterocycles. The molecule has 0 atom stereocenters. The van der Waals surface area contributed by atoms with Crippen LogP contribution in [0.4, 0.5) is 0 Å². The lowest BCUT2D eigenvalue weighted by Gasteiger charge is -2.00. The van der Waals surface area contributed by atoms with E-state index in [9.17, 15) is 4.79 Å². The maximum atomic E-state index is 12.3. The van der Waals surface area contributed by atoms with Crippen LogP contribution in [0.5, 0.6) is 0 Å². The molecule has 0 unspecified atom stereocenters. The molecule has 0 radical (unpaired) electrons. The van der Waals surface area contributed by atoms with Crippen molar-refractivity contribution in [3.05, 3.63) is 94.6 Å². The number of nitrogens with zero attached hydrogens (tertiary/aromatic N) is 2. The highest BCUT2D eigenvalue weighted by atomic mass is 16.5. The van der Waals surface area contributed by atoms with E-state index in [4.69, 9.17) is 4.52 Å². The first-order valence-corrected chi connectivity index (χ1v) is 8.69. The Hall–Kier alpha value is -3.73. The monoisotopic (exact) mass is 353 g/mol. The van der Waals surface area contributed by atoms with Gasteiger partial charge in [0.25, 0.3) is 5.56 Å². The second-order valence-electron chi connectivity index (χ2n) is 6.45. The number of H-pyrrole nitrogens is 1. The fourth-order valence-electron chi connectivity index (χ4n) is 3.23. The molecule has 0 aliphatic heterocycles. The minimum atomic E-state index is -0.211. The number of benzene rings is 3. The highest BCUT2D eigenvalue weighted by Crippen LogP contribution is 2.24. The van der Waals surface area contributed by atoms with E-state index >= 15 is 0 Å². The highest BCUT2D eigenvalue weighted by Gasteiger charge is 2.12. The largest absolute Gasteiger partial charge is 0.360 e. The lowest BCUT2D eigenvalue weighted by molar-refractivity contribution is 0.390. The molecule has 5 nitrogen and oxygen atoms in total. The average Bonchev–Trinajstić information content (AvgIpc) is 3.17. The Morgan fingerprint density at radius 2 is 1.70 bits per heavy atom. The second-order valence-corrected chi connectivity index (χ2v) is 6.45. The number of hydrogen-bond donors (Lipinski definition) is 1. The minimum absolute atomic E-state index is 0.211. The van der Waals surface area contributed by atoms with Crippen LogP contribution >= 0.6 is 0 Å². The van der Waals surface area contributed by atoms with Gasteiger partial charge in [-0.05, 0) is 29.0 Å². The number of rotatable bonds is 3. The first-order valence-electron chi connectivity index (χ1n) is 8.69. The molecule has 0 spiro atoms. The van der Waals surface area contributed by atoms with Gasteiger partial charge in [-0.2, -0.15) is 0 Å². The first kappa shape index (κ1) is 15.5. The number of hydrogen-bond acceptors (Lipinski definition) is 4. The highest BCUT2D eigenvalue weighted by molar-refractivity contribution is 5.86. The van der Waals surface area contributed by atoms with Crippen LogP contribution in [0, 0.1) is 0 Å². The molecular weight excluding hydrogens is 338 g/mol. The predicted octanol–water partition coefficient (Wildman–Crippen LogP) is 4.32. The van der Waals surface area contributed by atoms with Crippen LogP contribution in [0.15, 0.2) is 82.1 Å². The molecule has 0 amide bonds. The van der Waals surface area contributed by atoms with Gasteiger partial charge in [-0.15, -0.1) is 0 Å². The summed E-state index contributed by atoms with van der Waals surface area (Å²) in [4.78, 5) is 19.6. The van der Waals surface area contributed by atoms with E-state index in [-0.39, 0.29) is 5.56 Å². The van der Waals surface area contributed by atoms with E-state index in [2.05, 4.69) is 39.4 Å². The fraction of sp³-hybridized carbons (Fsp3) is 0.0455. The Morgan fingerprint density at radius 3 is 2.63 bits per heavy atom. The van der Waals surface area contributed by atoms with Crippen LogP contribution in [-0.4, -0.2) is 15.1 Å². The van der Waals surface area contributed by atoms with E-state index in [0.717, 1.165) is 27.7 Å². The van der Waals surface area contributed by atoms with Gasteiger partial charge in [0.1, 0.15) is 17.1 Å². The third kappa shape index (κ3) is 2.89. The van der Waals surface area contributed by atoms with Crippen molar-refractivity contribution >= 4 is 21.8 Å². The van der Waals surface area contributed by atoms with Crippen molar-refractivity contribution < 1.29 is 4.52 Å². The van der Waals surface area contributed by atoms with Crippen LogP contribution in [-0.2, 0) is 6.42 Å². The SMILES string of the molecule is O=c1[nH]c2ccccc2nc1Cc1cc(-c2ccc3ccccc3c2)no1. The summed E-state index contributed by atoms with van der Waals surface area (Å²) in [5.74, 6) is 0.603. The van der Waals surface area contributed by atoms with Gasteiger partial charge in [0.15, 0.2) is 0 Å². The number of fused-ring (bicyclic) bond motifs is 2. The molecule has 0 aliphatic rings. The standard InChI is InChI=1S/C22H15N3O2/c26-22-21(23-18-7-3-4-8-19(18)24-22)13-17-12-20(25-27-17)16-10-9-14-5-1-2-6-15(14)11-16/h1-12H,13H2,(H,24,26). The van der Waals surface area contributed by atoms with Gasteiger partial charge in [-0.1, -0.05) is 53.7 Å². The van der Waals surface area contributed by atoms with Gasteiger partial charge in [0.2, 0.25) is 0 Å². The summed E-state index contributed by atoms with van der Waals surface area (Å²) in [6.07, 6.45) is 0.292. The summed E-state index contributed by atoms with van der Waals surface area (Å²) in [6.45, 7) is 0. The Bertz CT molecular complexity index is 1330. The molecule has 130 valence electrons. The van der Waals surface area contributed by atoms with E-state index in [0.29, 0.717) is 17.9 Å². The molecule has 3 aromatic carbocycles.